The number of carbonyl (C=O) groups excluding carboxylic acids is 1. The van der Waals surface area contributed by atoms with Gasteiger partial charge in [-0.1, -0.05) is 42.1 Å². The van der Waals surface area contributed by atoms with Crippen molar-refractivity contribution in [1.82, 2.24) is 9.78 Å². The van der Waals surface area contributed by atoms with Crippen LogP contribution in [-0.2, 0) is 0 Å². The predicted molar refractivity (Wildman–Crippen MR) is 118 cm³/mol. The van der Waals surface area contributed by atoms with E-state index in [9.17, 15) is 4.79 Å². The first-order valence-corrected chi connectivity index (χ1v) is 10.2. The Bertz CT molecular complexity index is 1130. The lowest BCUT2D eigenvalue weighted by molar-refractivity contribution is 0.102. The third-order valence-electron chi connectivity index (χ3n) is 4.49. The molecule has 5 heteroatoms. The summed E-state index contributed by atoms with van der Waals surface area (Å²) >= 11 is 1.63. The number of aromatic nitrogens is 2. The van der Waals surface area contributed by atoms with E-state index in [0.717, 1.165) is 32.6 Å². The van der Waals surface area contributed by atoms with Crippen molar-refractivity contribution in [2.24, 2.45) is 0 Å². The van der Waals surface area contributed by atoms with E-state index in [1.165, 1.54) is 0 Å². The summed E-state index contributed by atoms with van der Waals surface area (Å²) in [5.74, 6) is -0.133. The Morgan fingerprint density at radius 1 is 0.897 bits per heavy atom. The molecule has 4 aromatic rings. The van der Waals surface area contributed by atoms with Crippen molar-refractivity contribution in [2.75, 3.05) is 5.32 Å². The van der Waals surface area contributed by atoms with Crippen LogP contribution in [-0.4, -0.2) is 15.7 Å². The summed E-state index contributed by atoms with van der Waals surface area (Å²) in [5, 5.41) is 7.53. The molecule has 4 rings (SSSR count). The fourth-order valence-electron chi connectivity index (χ4n) is 3.11. The Balaban J connectivity index is 1.52. The summed E-state index contributed by atoms with van der Waals surface area (Å²) in [5.41, 5.74) is 4.37. The number of hydrogen-bond donors (Lipinski definition) is 1. The van der Waals surface area contributed by atoms with Gasteiger partial charge in [0.25, 0.3) is 5.91 Å². The van der Waals surface area contributed by atoms with E-state index >= 15 is 0 Å². The predicted octanol–water partition coefficient (Wildman–Crippen LogP) is 5.89. The van der Waals surface area contributed by atoms with Crippen LogP contribution in [0.2, 0.25) is 0 Å². The molecule has 0 saturated heterocycles. The molecule has 0 bridgehead atoms. The van der Waals surface area contributed by atoms with Crippen molar-refractivity contribution < 1.29 is 4.79 Å². The summed E-state index contributed by atoms with van der Waals surface area (Å²) in [7, 11) is 0. The van der Waals surface area contributed by atoms with Crippen molar-refractivity contribution in [3.8, 4) is 5.69 Å². The maximum Gasteiger partial charge on any atom is 0.255 e. The van der Waals surface area contributed by atoms with Crippen molar-refractivity contribution in [3.05, 3.63) is 102 Å². The second-order valence-corrected chi connectivity index (χ2v) is 7.87. The van der Waals surface area contributed by atoms with Crippen LogP contribution in [0.1, 0.15) is 21.7 Å². The van der Waals surface area contributed by atoms with Crippen molar-refractivity contribution in [3.63, 3.8) is 0 Å². The maximum absolute atomic E-state index is 12.8. The second kappa shape index (κ2) is 8.37. The van der Waals surface area contributed by atoms with Crippen LogP contribution in [0.4, 0.5) is 5.69 Å². The van der Waals surface area contributed by atoms with Crippen LogP contribution in [0.5, 0.6) is 0 Å². The monoisotopic (exact) mass is 399 g/mol. The van der Waals surface area contributed by atoms with Crippen LogP contribution in [0.15, 0.2) is 94.7 Å². The Kier molecular flexibility index (Phi) is 5.49. The molecule has 0 aliphatic rings. The topological polar surface area (TPSA) is 46.9 Å². The van der Waals surface area contributed by atoms with E-state index in [2.05, 4.69) is 22.5 Å². The van der Waals surface area contributed by atoms with E-state index in [-0.39, 0.29) is 5.91 Å². The van der Waals surface area contributed by atoms with Gasteiger partial charge in [-0.05, 0) is 68.4 Å². The minimum atomic E-state index is -0.133. The molecule has 0 aliphatic carbocycles. The van der Waals surface area contributed by atoms with Crippen LogP contribution in [0.3, 0.4) is 0 Å². The van der Waals surface area contributed by atoms with Gasteiger partial charge in [0.15, 0.2) is 0 Å². The van der Waals surface area contributed by atoms with Crippen molar-refractivity contribution in [1.29, 1.82) is 0 Å². The Morgan fingerprint density at radius 2 is 1.59 bits per heavy atom. The molecule has 0 atom stereocenters. The van der Waals surface area contributed by atoms with Gasteiger partial charge in [0.05, 0.1) is 17.1 Å². The zero-order valence-electron chi connectivity index (χ0n) is 16.3. The fraction of sp³-hybridized carbons (Fsp3) is 0.0833. The fourth-order valence-corrected chi connectivity index (χ4v) is 4.04. The zero-order valence-corrected chi connectivity index (χ0v) is 17.1. The third kappa shape index (κ3) is 4.41. The number of rotatable bonds is 5. The van der Waals surface area contributed by atoms with Crippen LogP contribution >= 0.6 is 11.8 Å². The first-order valence-electron chi connectivity index (χ1n) is 9.37. The highest BCUT2D eigenvalue weighted by molar-refractivity contribution is 7.99. The lowest BCUT2D eigenvalue weighted by atomic mass is 10.2. The zero-order chi connectivity index (χ0) is 20.2. The molecular weight excluding hydrogens is 378 g/mol. The molecule has 1 heterocycles. The standard InChI is InChI=1S/C24H21N3OS/c1-17-16-18(2)27(26-17)20-14-12-19(13-15-20)24(28)25-22-10-6-7-11-23(22)29-21-8-4-3-5-9-21/h3-16H,1-2H3,(H,25,28). The number of benzene rings is 3. The van der Waals surface area contributed by atoms with Gasteiger partial charge in [-0.15, -0.1) is 0 Å². The summed E-state index contributed by atoms with van der Waals surface area (Å²) in [6.45, 7) is 3.98. The molecule has 3 aromatic carbocycles. The number of anilines is 1. The van der Waals surface area contributed by atoms with E-state index < -0.39 is 0 Å². The Morgan fingerprint density at radius 3 is 2.28 bits per heavy atom. The van der Waals surface area contributed by atoms with Gasteiger partial charge in [-0.25, -0.2) is 4.68 Å². The van der Waals surface area contributed by atoms with Gasteiger partial charge in [0.1, 0.15) is 0 Å². The van der Waals surface area contributed by atoms with Gasteiger partial charge < -0.3 is 5.32 Å². The molecule has 1 N–H and O–H groups in total. The van der Waals surface area contributed by atoms with Gasteiger partial charge in [0, 0.05) is 21.0 Å². The van der Waals surface area contributed by atoms with E-state index in [1.54, 1.807) is 11.8 Å². The van der Waals surface area contributed by atoms with Gasteiger partial charge in [0.2, 0.25) is 0 Å². The number of aryl methyl sites for hydroxylation is 2. The average molecular weight is 400 g/mol. The molecule has 0 radical (unpaired) electrons. The summed E-state index contributed by atoms with van der Waals surface area (Å²) < 4.78 is 1.88. The molecule has 29 heavy (non-hydrogen) atoms. The maximum atomic E-state index is 12.8. The molecule has 0 unspecified atom stereocenters. The SMILES string of the molecule is Cc1cc(C)n(-c2ccc(C(=O)Nc3ccccc3Sc3ccccc3)cc2)n1. The molecular formula is C24H21N3OS. The number of carbonyl (C=O) groups is 1. The molecule has 144 valence electrons. The Labute approximate surface area is 174 Å². The highest BCUT2D eigenvalue weighted by atomic mass is 32.2. The number of hydrogen-bond acceptors (Lipinski definition) is 3. The summed E-state index contributed by atoms with van der Waals surface area (Å²) in [6.07, 6.45) is 0. The van der Waals surface area contributed by atoms with Gasteiger partial charge in [-0.3, -0.25) is 4.79 Å². The van der Waals surface area contributed by atoms with E-state index in [1.807, 2.05) is 91.3 Å². The van der Waals surface area contributed by atoms with E-state index in [0.29, 0.717) is 5.56 Å². The Hall–Kier alpha value is -3.31. The van der Waals surface area contributed by atoms with E-state index in [4.69, 9.17) is 0 Å². The molecule has 0 saturated carbocycles. The van der Waals surface area contributed by atoms with Gasteiger partial charge >= 0.3 is 0 Å². The summed E-state index contributed by atoms with van der Waals surface area (Å²) in [4.78, 5) is 14.9. The summed E-state index contributed by atoms with van der Waals surface area (Å²) in [6, 6.07) is 27.5. The largest absolute Gasteiger partial charge is 0.321 e. The van der Waals surface area contributed by atoms with Crippen LogP contribution in [0.25, 0.3) is 5.69 Å². The first-order chi connectivity index (χ1) is 14.1. The third-order valence-corrected chi connectivity index (χ3v) is 5.57. The molecule has 1 amide bonds. The smallest absolute Gasteiger partial charge is 0.255 e. The lowest BCUT2D eigenvalue weighted by Gasteiger charge is -2.11. The lowest BCUT2D eigenvalue weighted by Crippen LogP contribution is -2.12. The highest BCUT2D eigenvalue weighted by Gasteiger charge is 2.11. The number of nitrogens with one attached hydrogen (secondary N) is 1. The number of amides is 1. The quantitative estimate of drug-likeness (QED) is 0.455. The highest BCUT2D eigenvalue weighted by Crippen LogP contribution is 2.33. The molecule has 1 aromatic heterocycles. The van der Waals surface area contributed by atoms with Crippen molar-refractivity contribution >= 4 is 23.4 Å². The minimum Gasteiger partial charge on any atom is -0.321 e. The molecule has 0 spiro atoms. The number of nitrogens with zero attached hydrogens (tertiary/aromatic N) is 2. The first kappa shape index (κ1) is 19.0. The minimum absolute atomic E-state index is 0.133. The van der Waals surface area contributed by atoms with Crippen molar-refractivity contribution in [2.45, 2.75) is 23.6 Å². The second-order valence-electron chi connectivity index (χ2n) is 6.75. The molecule has 0 fully saturated rings. The van der Waals surface area contributed by atoms with Crippen LogP contribution in [0, 0.1) is 13.8 Å². The number of para-hydroxylation sites is 1. The molecule has 4 nitrogen and oxygen atoms in total. The van der Waals surface area contributed by atoms with Crippen LogP contribution < -0.4 is 5.32 Å². The normalized spacial score (nSPS) is 10.7. The average Bonchev–Trinajstić information content (AvgIpc) is 3.08. The molecule has 0 aliphatic heterocycles. The van der Waals surface area contributed by atoms with Gasteiger partial charge in [-0.2, -0.15) is 5.10 Å².